The molecule has 2 saturated heterocycles. The molecule has 0 spiro atoms. The molecule has 0 N–H and O–H groups in total. The fourth-order valence-corrected chi connectivity index (χ4v) is 4.25. The second-order valence-electron chi connectivity index (χ2n) is 8.23. The van der Waals surface area contributed by atoms with Crippen LogP contribution >= 0.6 is 0 Å². The van der Waals surface area contributed by atoms with Gasteiger partial charge in [0.2, 0.25) is 11.8 Å². The van der Waals surface area contributed by atoms with E-state index < -0.39 is 0 Å². The summed E-state index contributed by atoms with van der Waals surface area (Å²) in [4.78, 5) is 31.1. The highest BCUT2D eigenvalue weighted by atomic mass is 16.3. The van der Waals surface area contributed by atoms with Crippen molar-refractivity contribution in [2.75, 3.05) is 45.8 Å². The van der Waals surface area contributed by atoms with Crippen LogP contribution in [-0.2, 0) is 16.0 Å². The van der Waals surface area contributed by atoms with Crippen molar-refractivity contribution in [2.45, 2.75) is 32.1 Å². The lowest BCUT2D eigenvalue weighted by atomic mass is 10.1. The number of hydrogen-bond acceptors (Lipinski definition) is 4. The largest absolute Gasteiger partial charge is 0.461 e. The van der Waals surface area contributed by atoms with E-state index in [1.807, 2.05) is 52.3 Å². The van der Waals surface area contributed by atoms with E-state index in [0.717, 1.165) is 56.1 Å². The normalized spacial score (nSPS) is 17.9. The number of piperidine rings is 1. The zero-order chi connectivity index (χ0) is 20.8. The van der Waals surface area contributed by atoms with Crippen molar-refractivity contribution in [3.05, 3.63) is 48.2 Å². The van der Waals surface area contributed by atoms with E-state index in [9.17, 15) is 9.59 Å². The van der Waals surface area contributed by atoms with Crippen LogP contribution in [0.3, 0.4) is 0 Å². The Morgan fingerprint density at radius 3 is 2.20 bits per heavy atom. The molecule has 0 aliphatic carbocycles. The smallest absolute Gasteiger partial charge is 0.236 e. The minimum Gasteiger partial charge on any atom is -0.461 e. The molecular formula is C24H31N3O3. The predicted molar refractivity (Wildman–Crippen MR) is 116 cm³/mol. The molecule has 2 fully saturated rings. The Morgan fingerprint density at radius 1 is 0.767 bits per heavy atom. The number of furan rings is 1. The van der Waals surface area contributed by atoms with Gasteiger partial charge in [-0.3, -0.25) is 14.5 Å². The molecule has 2 aliphatic rings. The fraction of sp³-hybridized carbons (Fsp3) is 0.500. The minimum atomic E-state index is 0.162. The first kappa shape index (κ1) is 20.7. The maximum absolute atomic E-state index is 12.6. The van der Waals surface area contributed by atoms with Gasteiger partial charge in [0.05, 0.1) is 6.54 Å². The average molecular weight is 410 g/mol. The van der Waals surface area contributed by atoms with Gasteiger partial charge in [-0.2, -0.15) is 0 Å². The fourth-order valence-electron chi connectivity index (χ4n) is 4.25. The molecule has 0 saturated carbocycles. The number of piperazine rings is 1. The van der Waals surface area contributed by atoms with Crippen LogP contribution in [0.2, 0.25) is 0 Å². The lowest BCUT2D eigenvalue weighted by Crippen LogP contribution is -2.52. The molecule has 2 aliphatic heterocycles. The minimum absolute atomic E-state index is 0.162. The highest BCUT2D eigenvalue weighted by Gasteiger charge is 2.24. The number of carbonyl (C=O) groups is 2. The molecule has 0 unspecified atom stereocenters. The Kier molecular flexibility index (Phi) is 6.84. The summed E-state index contributed by atoms with van der Waals surface area (Å²) in [5.74, 6) is 2.08. The number of aryl methyl sites for hydroxylation is 1. The molecule has 6 heteroatoms. The molecule has 0 atom stereocenters. The van der Waals surface area contributed by atoms with Crippen LogP contribution in [-0.4, -0.2) is 72.3 Å². The number of benzene rings is 1. The van der Waals surface area contributed by atoms with Crippen LogP contribution in [0.5, 0.6) is 0 Å². The first-order valence-electron chi connectivity index (χ1n) is 11.1. The molecule has 1 aromatic heterocycles. The standard InChI is InChI=1S/C24H31N3O3/c28-23(12-10-21-9-11-22(30-21)20-7-3-1-4-8-20)27-17-15-25(16-18-27)19-24(29)26-13-5-2-6-14-26/h1,3-4,7-9,11H,2,5-6,10,12-19H2. The van der Waals surface area contributed by atoms with Crippen molar-refractivity contribution in [1.29, 1.82) is 0 Å². The van der Waals surface area contributed by atoms with Crippen molar-refractivity contribution in [2.24, 2.45) is 0 Å². The monoisotopic (exact) mass is 409 g/mol. The number of likely N-dealkylation sites (tertiary alicyclic amines) is 1. The van der Waals surface area contributed by atoms with E-state index in [0.29, 0.717) is 32.5 Å². The molecule has 2 aromatic rings. The summed E-state index contributed by atoms with van der Waals surface area (Å²) >= 11 is 0. The zero-order valence-electron chi connectivity index (χ0n) is 17.6. The van der Waals surface area contributed by atoms with Crippen LogP contribution in [0.4, 0.5) is 0 Å². The van der Waals surface area contributed by atoms with Crippen LogP contribution in [0.25, 0.3) is 11.3 Å². The van der Waals surface area contributed by atoms with Crippen LogP contribution in [0, 0.1) is 0 Å². The van der Waals surface area contributed by atoms with Gasteiger partial charge in [0.1, 0.15) is 11.5 Å². The Balaban J connectivity index is 1.19. The molecule has 30 heavy (non-hydrogen) atoms. The van der Waals surface area contributed by atoms with Gasteiger partial charge in [-0.1, -0.05) is 30.3 Å². The highest BCUT2D eigenvalue weighted by Crippen LogP contribution is 2.22. The van der Waals surface area contributed by atoms with Crippen LogP contribution in [0.15, 0.2) is 46.9 Å². The molecule has 3 heterocycles. The summed E-state index contributed by atoms with van der Waals surface area (Å²) in [6.07, 6.45) is 4.54. The number of nitrogens with zero attached hydrogens (tertiary/aromatic N) is 3. The molecular weight excluding hydrogens is 378 g/mol. The molecule has 1 aromatic carbocycles. The Bertz CT molecular complexity index is 834. The van der Waals surface area contributed by atoms with Gasteiger partial charge in [-0.25, -0.2) is 0 Å². The van der Waals surface area contributed by atoms with E-state index in [-0.39, 0.29) is 11.8 Å². The third kappa shape index (κ3) is 5.30. The Labute approximate surface area is 178 Å². The summed E-state index contributed by atoms with van der Waals surface area (Å²) < 4.78 is 5.90. The third-order valence-corrected chi connectivity index (χ3v) is 6.10. The van der Waals surface area contributed by atoms with Crippen molar-refractivity contribution in [1.82, 2.24) is 14.7 Å². The second kappa shape index (κ2) is 9.94. The number of rotatable bonds is 6. The quantitative estimate of drug-likeness (QED) is 0.736. The van der Waals surface area contributed by atoms with Crippen molar-refractivity contribution in [3.8, 4) is 11.3 Å². The van der Waals surface area contributed by atoms with Gasteiger partial charge in [-0.15, -0.1) is 0 Å². The number of amides is 2. The van der Waals surface area contributed by atoms with E-state index in [4.69, 9.17) is 4.42 Å². The van der Waals surface area contributed by atoms with Crippen molar-refractivity contribution < 1.29 is 14.0 Å². The molecule has 2 amide bonds. The predicted octanol–water partition coefficient (Wildman–Crippen LogP) is 3.04. The third-order valence-electron chi connectivity index (χ3n) is 6.10. The first-order valence-corrected chi connectivity index (χ1v) is 11.1. The zero-order valence-corrected chi connectivity index (χ0v) is 17.6. The van der Waals surface area contributed by atoms with Gasteiger partial charge in [0, 0.05) is 57.7 Å². The Hall–Kier alpha value is -2.60. The maximum Gasteiger partial charge on any atom is 0.236 e. The summed E-state index contributed by atoms with van der Waals surface area (Å²) in [6.45, 7) is 5.20. The molecule has 6 nitrogen and oxygen atoms in total. The highest BCUT2D eigenvalue weighted by molar-refractivity contribution is 5.78. The van der Waals surface area contributed by atoms with Gasteiger partial charge in [0.15, 0.2) is 0 Å². The lowest BCUT2D eigenvalue weighted by molar-refractivity contribution is -0.135. The van der Waals surface area contributed by atoms with Crippen LogP contribution < -0.4 is 0 Å². The van der Waals surface area contributed by atoms with Gasteiger partial charge >= 0.3 is 0 Å². The average Bonchev–Trinajstić information content (AvgIpc) is 3.28. The summed E-state index contributed by atoms with van der Waals surface area (Å²) in [6, 6.07) is 13.9. The van der Waals surface area contributed by atoms with Gasteiger partial charge in [0.25, 0.3) is 0 Å². The SMILES string of the molecule is O=C(CCc1ccc(-c2ccccc2)o1)N1CCN(CC(=O)N2CCCCC2)CC1. The summed E-state index contributed by atoms with van der Waals surface area (Å²) in [7, 11) is 0. The van der Waals surface area contributed by atoms with Crippen molar-refractivity contribution in [3.63, 3.8) is 0 Å². The van der Waals surface area contributed by atoms with Crippen LogP contribution in [0.1, 0.15) is 31.4 Å². The summed E-state index contributed by atoms with van der Waals surface area (Å²) in [5, 5.41) is 0. The number of carbonyl (C=O) groups excluding carboxylic acids is 2. The Morgan fingerprint density at radius 2 is 1.47 bits per heavy atom. The van der Waals surface area contributed by atoms with E-state index >= 15 is 0 Å². The first-order chi connectivity index (χ1) is 14.7. The second-order valence-corrected chi connectivity index (χ2v) is 8.23. The van der Waals surface area contributed by atoms with E-state index in [1.165, 1.54) is 6.42 Å². The topological polar surface area (TPSA) is 57.0 Å². The van der Waals surface area contributed by atoms with Gasteiger partial charge in [-0.05, 0) is 31.4 Å². The summed E-state index contributed by atoms with van der Waals surface area (Å²) in [5.41, 5.74) is 1.05. The van der Waals surface area contributed by atoms with Gasteiger partial charge < -0.3 is 14.2 Å². The van der Waals surface area contributed by atoms with E-state index in [2.05, 4.69) is 4.90 Å². The molecule has 0 bridgehead atoms. The number of hydrogen-bond donors (Lipinski definition) is 0. The van der Waals surface area contributed by atoms with E-state index in [1.54, 1.807) is 0 Å². The molecule has 160 valence electrons. The molecule has 4 rings (SSSR count). The maximum atomic E-state index is 12.6. The molecule has 0 radical (unpaired) electrons. The lowest BCUT2D eigenvalue weighted by Gasteiger charge is -2.36. The van der Waals surface area contributed by atoms with Crippen molar-refractivity contribution >= 4 is 11.8 Å².